The molecule has 0 aromatic rings. The largest absolute Gasteiger partial charge is 0.396 e. The number of hydrogen-bond acceptors (Lipinski definition) is 2. The summed E-state index contributed by atoms with van der Waals surface area (Å²) in [6.07, 6.45) is 5.86. The average Bonchev–Trinajstić information content (AvgIpc) is 2.13. The van der Waals surface area contributed by atoms with Crippen molar-refractivity contribution in [2.24, 2.45) is 0 Å². The van der Waals surface area contributed by atoms with Crippen molar-refractivity contribution in [3.8, 4) is 0 Å². The van der Waals surface area contributed by atoms with Crippen LogP contribution < -0.4 is 0 Å². The molecule has 0 rings (SSSR count). The van der Waals surface area contributed by atoms with Crippen LogP contribution in [-0.2, 0) is 0 Å². The molecular weight excluding hydrogens is 230 g/mol. The fraction of sp³-hybridized carbons (Fsp3) is 1.00. The first-order valence-corrected chi connectivity index (χ1v) is 6.28. The van der Waals surface area contributed by atoms with Gasteiger partial charge in [-0.3, -0.25) is 0 Å². The molecule has 0 spiro atoms. The minimum Gasteiger partial charge on any atom is -0.396 e. The molecular formula is C10H22BrNO. The predicted molar refractivity (Wildman–Crippen MR) is 61.5 cm³/mol. The van der Waals surface area contributed by atoms with Crippen LogP contribution in [-0.4, -0.2) is 42.1 Å². The first-order valence-electron chi connectivity index (χ1n) is 5.16. The zero-order chi connectivity index (χ0) is 9.94. The molecule has 0 radical (unpaired) electrons. The first-order chi connectivity index (χ1) is 6.31. The molecule has 0 unspecified atom stereocenters. The van der Waals surface area contributed by atoms with Crippen LogP contribution in [0.2, 0.25) is 0 Å². The number of rotatable bonds is 9. The topological polar surface area (TPSA) is 23.5 Å². The summed E-state index contributed by atoms with van der Waals surface area (Å²) in [4.78, 5) is 2.38. The third kappa shape index (κ3) is 10.3. The van der Waals surface area contributed by atoms with E-state index in [1.54, 1.807) is 0 Å². The van der Waals surface area contributed by atoms with Gasteiger partial charge in [-0.15, -0.1) is 0 Å². The summed E-state index contributed by atoms with van der Waals surface area (Å²) in [5.74, 6) is 0. The molecule has 2 nitrogen and oxygen atoms in total. The molecule has 0 saturated carbocycles. The van der Waals surface area contributed by atoms with E-state index in [9.17, 15) is 0 Å². The SMILES string of the molecule is CN(CCCCBr)CCCCCO. The third-order valence-electron chi connectivity index (χ3n) is 2.12. The van der Waals surface area contributed by atoms with E-state index in [4.69, 9.17) is 5.11 Å². The maximum Gasteiger partial charge on any atom is 0.0431 e. The average molecular weight is 252 g/mol. The number of alkyl halides is 1. The van der Waals surface area contributed by atoms with Gasteiger partial charge in [-0.2, -0.15) is 0 Å². The summed E-state index contributed by atoms with van der Waals surface area (Å²) in [5.41, 5.74) is 0. The van der Waals surface area contributed by atoms with Gasteiger partial charge in [0.15, 0.2) is 0 Å². The van der Waals surface area contributed by atoms with Gasteiger partial charge in [0.25, 0.3) is 0 Å². The van der Waals surface area contributed by atoms with Crippen molar-refractivity contribution in [3.05, 3.63) is 0 Å². The van der Waals surface area contributed by atoms with E-state index in [0.717, 1.165) is 18.2 Å². The van der Waals surface area contributed by atoms with Crippen molar-refractivity contribution < 1.29 is 5.11 Å². The second kappa shape index (κ2) is 10.5. The highest BCUT2D eigenvalue weighted by atomic mass is 79.9. The zero-order valence-corrected chi connectivity index (χ0v) is 10.2. The quantitative estimate of drug-likeness (QED) is 0.502. The van der Waals surface area contributed by atoms with Gasteiger partial charge in [-0.05, 0) is 52.2 Å². The van der Waals surface area contributed by atoms with Crippen molar-refractivity contribution >= 4 is 15.9 Å². The summed E-state index contributed by atoms with van der Waals surface area (Å²) >= 11 is 3.43. The Morgan fingerprint density at radius 3 is 2.15 bits per heavy atom. The van der Waals surface area contributed by atoms with Gasteiger partial charge in [0.2, 0.25) is 0 Å². The standard InChI is InChI=1S/C10H22BrNO/c1-12(9-5-3-7-11)8-4-2-6-10-13/h13H,2-10H2,1H3. The first kappa shape index (κ1) is 13.4. The summed E-state index contributed by atoms with van der Waals surface area (Å²) < 4.78 is 0. The monoisotopic (exact) mass is 251 g/mol. The number of halogens is 1. The van der Waals surface area contributed by atoms with Crippen LogP contribution in [0.15, 0.2) is 0 Å². The highest BCUT2D eigenvalue weighted by Crippen LogP contribution is 1.99. The van der Waals surface area contributed by atoms with E-state index in [-0.39, 0.29) is 0 Å². The number of hydrogen-bond donors (Lipinski definition) is 1. The molecule has 3 heteroatoms. The van der Waals surface area contributed by atoms with E-state index in [1.165, 1.54) is 32.4 Å². The normalized spacial score (nSPS) is 11.1. The lowest BCUT2D eigenvalue weighted by Gasteiger charge is -2.15. The van der Waals surface area contributed by atoms with Crippen LogP contribution in [0.3, 0.4) is 0 Å². The fourth-order valence-electron chi connectivity index (χ4n) is 1.26. The maximum absolute atomic E-state index is 8.59. The van der Waals surface area contributed by atoms with Crippen LogP contribution in [0.1, 0.15) is 32.1 Å². The van der Waals surface area contributed by atoms with Crippen molar-refractivity contribution in [1.29, 1.82) is 0 Å². The number of nitrogens with zero attached hydrogens (tertiary/aromatic N) is 1. The Bertz CT molecular complexity index is 101. The second-order valence-electron chi connectivity index (χ2n) is 3.48. The van der Waals surface area contributed by atoms with Crippen LogP contribution in [0.25, 0.3) is 0 Å². The molecule has 0 saturated heterocycles. The van der Waals surface area contributed by atoms with Gasteiger partial charge < -0.3 is 10.0 Å². The molecule has 1 N–H and O–H groups in total. The summed E-state index contributed by atoms with van der Waals surface area (Å²) in [5, 5.41) is 9.70. The lowest BCUT2D eigenvalue weighted by atomic mass is 10.2. The number of unbranched alkanes of at least 4 members (excludes halogenated alkanes) is 3. The smallest absolute Gasteiger partial charge is 0.0431 e. The maximum atomic E-state index is 8.59. The molecule has 0 aliphatic heterocycles. The minimum atomic E-state index is 0.341. The molecule has 0 aromatic heterocycles. The van der Waals surface area contributed by atoms with Gasteiger partial charge in [0.05, 0.1) is 0 Å². The van der Waals surface area contributed by atoms with Crippen LogP contribution in [0, 0.1) is 0 Å². The summed E-state index contributed by atoms with van der Waals surface area (Å²) in [6, 6.07) is 0. The molecule has 80 valence electrons. The van der Waals surface area contributed by atoms with Gasteiger partial charge >= 0.3 is 0 Å². The second-order valence-corrected chi connectivity index (χ2v) is 4.28. The van der Waals surface area contributed by atoms with E-state index in [2.05, 4.69) is 27.9 Å². The summed E-state index contributed by atoms with van der Waals surface area (Å²) in [7, 11) is 2.17. The van der Waals surface area contributed by atoms with E-state index in [1.807, 2.05) is 0 Å². The van der Waals surface area contributed by atoms with Crippen molar-refractivity contribution in [2.45, 2.75) is 32.1 Å². The van der Waals surface area contributed by atoms with E-state index < -0.39 is 0 Å². The molecule has 0 aliphatic rings. The highest BCUT2D eigenvalue weighted by Gasteiger charge is 1.97. The highest BCUT2D eigenvalue weighted by molar-refractivity contribution is 9.09. The number of aliphatic hydroxyl groups excluding tert-OH is 1. The Balaban J connectivity index is 3.05. The van der Waals surface area contributed by atoms with Crippen molar-refractivity contribution in [1.82, 2.24) is 4.90 Å². The number of aliphatic hydroxyl groups is 1. The Kier molecular flexibility index (Phi) is 10.8. The van der Waals surface area contributed by atoms with Gasteiger partial charge in [-0.1, -0.05) is 15.9 Å². The Morgan fingerprint density at radius 2 is 1.62 bits per heavy atom. The van der Waals surface area contributed by atoms with E-state index >= 15 is 0 Å². The molecule has 0 fully saturated rings. The molecule has 0 amide bonds. The Labute approximate surface area is 90.4 Å². The molecule has 13 heavy (non-hydrogen) atoms. The van der Waals surface area contributed by atoms with Crippen LogP contribution in [0.4, 0.5) is 0 Å². The van der Waals surface area contributed by atoms with Gasteiger partial charge in [0, 0.05) is 11.9 Å². The zero-order valence-electron chi connectivity index (χ0n) is 8.64. The van der Waals surface area contributed by atoms with Gasteiger partial charge in [-0.25, -0.2) is 0 Å². The van der Waals surface area contributed by atoms with Gasteiger partial charge in [0.1, 0.15) is 0 Å². The lowest BCUT2D eigenvalue weighted by Crippen LogP contribution is -2.21. The minimum absolute atomic E-state index is 0.341. The molecule has 0 aromatic carbocycles. The van der Waals surface area contributed by atoms with Crippen LogP contribution >= 0.6 is 15.9 Å². The molecule has 0 atom stereocenters. The van der Waals surface area contributed by atoms with Crippen molar-refractivity contribution in [2.75, 3.05) is 32.1 Å². The lowest BCUT2D eigenvalue weighted by molar-refractivity contribution is 0.272. The van der Waals surface area contributed by atoms with Crippen molar-refractivity contribution in [3.63, 3.8) is 0 Å². The Hall–Kier alpha value is 0.400. The third-order valence-corrected chi connectivity index (χ3v) is 2.68. The van der Waals surface area contributed by atoms with E-state index in [0.29, 0.717) is 6.61 Å². The Morgan fingerprint density at radius 1 is 1.00 bits per heavy atom. The molecule has 0 bridgehead atoms. The summed E-state index contributed by atoms with van der Waals surface area (Å²) in [6.45, 7) is 2.71. The predicted octanol–water partition coefficient (Wildman–Crippen LogP) is 2.26. The van der Waals surface area contributed by atoms with Crippen LogP contribution in [0.5, 0.6) is 0 Å². The fourth-order valence-corrected chi connectivity index (χ4v) is 1.65. The molecule has 0 heterocycles. The molecule has 0 aliphatic carbocycles.